The van der Waals surface area contributed by atoms with E-state index >= 15 is 0 Å². The summed E-state index contributed by atoms with van der Waals surface area (Å²) in [6, 6.07) is 0.381. The minimum atomic E-state index is -0.0573. The average molecular weight is 199 g/mol. The predicted octanol–water partition coefficient (Wildman–Crippen LogP) is -1.31. The molecule has 5 N–H and O–H groups in total. The first-order chi connectivity index (χ1) is 6.76. The predicted molar refractivity (Wildman–Crippen MR) is 54.5 cm³/mol. The van der Waals surface area contributed by atoms with Crippen molar-refractivity contribution < 1.29 is 4.79 Å². The molecule has 14 heavy (non-hydrogen) atoms. The molecular formula is C8H17N5O. The van der Waals surface area contributed by atoms with Crippen LogP contribution in [0.3, 0.4) is 0 Å². The summed E-state index contributed by atoms with van der Waals surface area (Å²) < 4.78 is 0. The quantitative estimate of drug-likeness (QED) is 0.196. The fourth-order valence-electron chi connectivity index (χ4n) is 0.972. The van der Waals surface area contributed by atoms with Crippen LogP contribution in [0.5, 0.6) is 0 Å². The molecule has 1 aliphatic carbocycles. The number of rotatable bonds is 4. The smallest absolute Gasteiger partial charge is 0.242 e. The van der Waals surface area contributed by atoms with Gasteiger partial charge in [0.15, 0.2) is 0 Å². The van der Waals surface area contributed by atoms with Gasteiger partial charge < -0.3 is 10.6 Å². The third-order valence-electron chi connectivity index (χ3n) is 1.80. The number of nitrogens with two attached hydrogens (primary N) is 1. The Morgan fingerprint density at radius 2 is 2.29 bits per heavy atom. The van der Waals surface area contributed by atoms with Crippen LogP contribution in [0.15, 0.2) is 4.99 Å². The Morgan fingerprint density at radius 3 is 2.79 bits per heavy atom. The standard InChI is InChI=1S/C8H17N5O/c1-2-10-8(13-9)11-5-7(14)12-6-3-4-6/h6H,2-5,9H2,1H3,(H,12,14)(H2,10,11,13). The Morgan fingerprint density at radius 1 is 1.57 bits per heavy atom. The van der Waals surface area contributed by atoms with E-state index in [2.05, 4.69) is 21.1 Å². The van der Waals surface area contributed by atoms with E-state index in [4.69, 9.17) is 5.84 Å². The van der Waals surface area contributed by atoms with Crippen LogP contribution in [-0.4, -0.2) is 31.0 Å². The average Bonchev–Trinajstić information content (AvgIpc) is 2.96. The van der Waals surface area contributed by atoms with Crippen LogP contribution in [-0.2, 0) is 4.79 Å². The highest BCUT2D eigenvalue weighted by atomic mass is 16.2. The molecule has 1 fully saturated rings. The normalized spacial score (nSPS) is 16.3. The SMILES string of the molecule is CCNC(=NCC(=O)NC1CC1)NN. The molecule has 0 bridgehead atoms. The summed E-state index contributed by atoms with van der Waals surface area (Å²) in [5.74, 6) is 5.57. The number of aliphatic imine (C=N–C) groups is 1. The monoisotopic (exact) mass is 199 g/mol. The molecule has 0 atom stereocenters. The largest absolute Gasteiger partial charge is 0.356 e. The lowest BCUT2D eigenvalue weighted by Gasteiger charge is -2.06. The third-order valence-corrected chi connectivity index (χ3v) is 1.80. The van der Waals surface area contributed by atoms with Gasteiger partial charge >= 0.3 is 0 Å². The van der Waals surface area contributed by atoms with Crippen molar-refractivity contribution in [1.29, 1.82) is 0 Å². The van der Waals surface area contributed by atoms with E-state index in [1.807, 2.05) is 6.92 Å². The van der Waals surface area contributed by atoms with Crippen molar-refractivity contribution in [3.63, 3.8) is 0 Å². The van der Waals surface area contributed by atoms with Gasteiger partial charge in [0.1, 0.15) is 6.54 Å². The number of carbonyl (C=O) groups is 1. The van der Waals surface area contributed by atoms with Gasteiger partial charge in [-0.05, 0) is 19.8 Å². The van der Waals surface area contributed by atoms with E-state index in [9.17, 15) is 4.79 Å². The molecule has 0 spiro atoms. The van der Waals surface area contributed by atoms with Crippen molar-refractivity contribution in [1.82, 2.24) is 16.1 Å². The van der Waals surface area contributed by atoms with Crippen molar-refractivity contribution in [2.75, 3.05) is 13.1 Å². The molecule has 0 aliphatic heterocycles. The van der Waals surface area contributed by atoms with Crippen molar-refractivity contribution in [3.05, 3.63) is 0 Å². The summed E-state index contributed by atoms with van der Waals surface area (Å²) >= 11 is 0. The Labute approximate surface area is 83.3 Å². The van der Waals surface area contributed by atoms with E-state index in [1.165, 1.54) is 0 Å². The van der Waals surface area contributed by atoms with Gasteiger partial charge in [-0.3, -0.25) is 10.2 Å². The number of guanidine groups is 1. The highest BCUT2D eigenvalue weighted by Crippen LogP contribution is 2.18. The lowest BCUT2D eigenvalue weighted by molar-refractivity contribution is -0.119. The number of hydrogen-bond acceptors (Lipinski definition) is 3. The summed E-state index contributed by atoms with van der Waals surface area (Å²) in [4.78, 5) is 15.2. The molecule has 0 aromatic carbocycles. The maximum Gasteiger partial charge on any atom is 0.242 e. The van der Waals surface area contributed by atoms with Crippen LogP contribution in [0.25, 0.3) is 0 Å². The molecule has 0 heterocycles. The highest BCUT2D eigenvalue weighted by molar-refractivity contribution is 5.84. The molecule has 6 heteroatoms. The molecule has 1 saturated carbocycles. The molecule has 1 amide bonds. The van der Waals surface area contributed by atoms with Gasteiger partial charge in [0.05, 0.1) is 0 Å². The Hall–Kier alpha value is -1.30. The van der Waals surface area contributed by atoms with Crippen LogP contribution in [0, 0.1) is 0 Å². The number of hydrazine groups is 1. The first kappa shape index (κ1) is 10.8. The Kier molecular flexibility index (Phi) is 4.18. The number of nitrogens with one attached hydrogen (secondary N) is 3. The number of nitrogens with zero attached hydrogens (tertiary/aromatic N) is 1. The lowest BCUT2D eigenvalue weighted by atomic mass is 10.5. The Bertz CT molecular complexity index is 224. The van der Waals surface area contributed by atoms with E-state index in [1.54, 1.807) is 0 Å². The highest BCUT2D eigenvalue weighted by Gasteiger charge is 2.22. The zero-order valence-corrected chi connectivity index (χ0v) is 8.34. The van der Waals surface area contributed by atoms with E-state index in [0.29, 0.717) is 18.5 Å². The van der Waals surface area contributed by atoms with Crippen LogP contribution in [0.4, 0.5) is 0 Å². The van der Waals surface area contributed by atoms with E-state index < -0.39 is 0 Å². The van der Waals surface area contributed by atoms with Gasteiger partial charge in [-0.15, -0.1) is 0 Å². The van der Waals surface area contributed by atoms with Crippen molar-refractivity contribution >= 4 is 11.9 Å². The minimum Gasteiger partial charge on any atom is -0.356 e. The molecule has 1 rings (SSSR count). The maximum absolute atomic E-state index is 11.2. The molecule has 0 aromatic heterocycles. The van der Waals surface area contributed by atoms with Gasteiger partial charge in [0.2, 0.25) is 11.9 Å². The van der Waals surface area contributed by atoms with Crippen LogP contribution >= 0.6 is 0 Å². The van der Waals surface area contributed by atoms with Gasteiger partial charge in [0.25, 0.3) is 0 Å². The fraction of sp³-hybridized carbons (Fsp3) is 0.750. The molecule has 0 saturated heterocycles. The summed E-state index contributed by atoms with van der Waals surface area (Å²) in [6.07, 6.45) is 2.18. The van der Waals surface area contributed by atoms with Crippen molar-refractivity contribution in [2.24, 2.45) is 10.8 Å². The molecule has 80 valence electrons. The lowest BCUT2D eigenvalue weighted by Crippen LogP contribution is -2.42. The fourth-order valence-corrected chi connectivity index (χ4v) is 0.972. The zero-order valence-electron chi connectivity index (χ0n) is 8.34. The first-order valence-electron chi connectivity index (χ1n) is 4.80. The molecular weight excluding hydrogens is 182 g/mol. The summed E-state index contributed by atoms with van der Waals surface area (Å²) in [5.41, 5.74) is 2.39. The first-order valence-corrected chi connectivity index (χ1v) is 4.80. The molecule has 0 radical (unpaired) electrons. The molecule has 1 aliphatic rings. The van der Waals surface area contributed by atoms with Crippen LogP contribution < -0.4 is 21.9 Å². The van der Waals surface area contributed by atoms with Gasteiger partial charge in [-0.2, -0.15) is 0 Å². The van der Waals surface area contributed by atoms with Gasteiger partial charge in [0, 0.05) is 12.6 Å². The van der Waals surface area contributed by atoms with Crippen molar-refractivity contribution in [2.45, 2.75) is 25.8 Å². The second-order valence-electron chi connectivity index (χ2n) is 3.18. The Balaban J connectivity index is 2.22. The third kappa shape index (κ3) is 4.08. The summed E-state index contributed by atoms with van der Waals surface area (Å²) in [5, 5.41) is 5.72. The van der Waals surface area contributed by atoms with Crippen LogP contribution in [0.1, 0.15) is 19.8 Å². The molecule has 0 aromatic rings. The van der Waals surface area contributed by atoms with Crippen molar-refractivity contribution in [3.8, 4) is 0 Å². The summed E-state index contributed by atoms with van der Waals surface area (Å²) in [6.45, 7) is 2.76. The minimum absolute atomic E-state index is 0.0573. The second-order valence-corrected chi connectivity index (χ2v) is 3.18. The molecule has 0 unspecified atom stereocenters. The van der Waals surface area contributed by atoms with E-state index in [-0.39, 0.29) is 12.5 Å². The topological polar surface area (TPSA) is 91.5 Å². The van der Waals surface area contributed by atoms with Crippen LogP contribution in [0.2, 0.25) is 0 Å². The number of hydrogen-bond donors (Lipinski definition) is 4. The molecule has 6 nitrogen and oxygen atoms in total. The number of carbonyl (C=O) groups excluding carboxylic acids is 1. The maximum atomic E-state index is 11.2. The summed E-state index contributed by atoms with van der Waals surface area (Å²) in [7, 11) is 0. The number of amides is 1. The second kappa shape index (κ2) is 5.43. The van der Waals surface area contributed by atoms with E-state index in [0.717, 1.165) is 12.8 Å². The van der Waals surface area contributed by atoms with Gasteiger partial charge in [-0.1, -0.05) is 0 Å². The zero-order chi connectivity index (χ0) is 10.4. The van der Waals surface area contributed by atoms with Gasteiger partial charge in [-0.25, -0.2) is 10.8 Å².